The second kappa shape index (κ2) is 9.37. The maximum atomic E-state index is 13.2. The minimum atomic E-state index is 0.0555. The van der Waals surface area contributed by atoms with E-state index in [4.69, 9.17) is 4.74 Å². The number of carbonyl (C=O) groups excluding carboxylic acids is 1. The zero-order chi connectivity index (χ0) is 19.9. The number of nitrogens with zero attached hydrogens (tertiary/aromatic N) is 2. The molecule has 1 saturated heterocycles. The molecule has 0 radical (unpaired) electrons. The number of aromatic nitrogens is 1. The molecule has 148 valence electrons. The van der Waals surface area contributed by atoms with E-state index in [-0.39, 0.29) is 5.78 Å². The lowest BCUT2D eigenvalue weighted by Crippen LogP contribution is -2.29. The zero-order valence-electron chi connectivity index (χ0n) is 16.6. The molecule has 1 aliphatic heterocycles. The van der Waals surface area contributed by atoms with Crippen LogP contribution < -0.4 is 9.64 Å². The van der Waals surface area contributed by atoms with Gasteiger partial charge in [0, 0.05) is 37.6 Å². The second-order valence-electron chi connectivity index (χ2n) is 7.46. The number of hydrogen-bond donors (Lipinski definition) is 0. The van der Waals surface area contributed by atoms with E-state index < -0.39 is 0 Å². The minimum absolute atomic E-state index is 0.0555. The fourth-order valence-electron chi connectivity index (χ4n) is 3.73. The van der Waals surface area contributed by atoms with Crippen molar-refractivity contribution in [2.24, 2.45) is 0 Å². The first kappa shape index (κ1) is 19.2. The molecule has 0 saturated carbocycles. The van der Waals surface area contributed by atoms with Crippen LogP contribution >= 0.6 is 0 Å². The molecular formula is C25H26N2O2. The second-order valence-corrected chi connectivity index (χ2v) is 7.46. The fourth-order valence-corrected chi connectivity index (χ4v) is 3.73. The van der Waals surface area contributed by atoms with Gasteiger partial charge in [-0.2, -0.15) is 0 Å². The molecule has 4 heteroatoms. The number of pyridine rings is 1. The number of anilines is 1. The molecule has 0 amide bonds. The van der Waals surface area contributed by atoms with Gasteiger partial charge in [-0.05, 0) is 54.7 Å². The molecule has 29 heavy (non-hydrogen) atoms. The lowest BCUT2D eigenvalue weighted by molar-refractivity contribution is 0.0988. The zero-order valence-corrected chi connectivity index (χ0v) is 16.6. The Labute approximate surface area is 172 Å². The van der Waals surface area contributed by atoms with Gasteiger partial charge in [0.1, 0.15) is 12.4 Å². The summed E-state index contributed by atoms with van der Waals surface area (Å²) in [6, 6.07) is 19.8. The van der Waals surface area contributed by atoms with Gasteiger partial charge in [-0.15, -0.1) is 0 Å². The highest BCUT2D eigenvalue weighted by atomic mass is 16.5. The third-order valence-electron chi connectivity index (χ3n) is 5.31. The summed E-state index contributed by atoms with van der Waals surface area (Å²) in [5.74, 6) is 0.698. The van der Waals surface area contributed by atoms with Gasteiger partial charge in [0.2, 0.25) is 0 Å². The summed E-state index contributed by atoms with van der Waals surface area (Å²) in [5.41, 5.74) is 3.74. The fraction of sp³-hybridized carbons (Fsp3) is 0.280. The maximum Gasteiger partial charge on any atom is 0.171 e. The first-order chi connectivity index (χ1) is 14.3. The molecule has 2 heterocycles. The van der Waals surface area contributed by atoms with Crippen molar-refractivity contribution in [2.75, 3.05) is 18.0 Å². The maximum absolute atomic E-state index is 13.2. The lowest BCUT2D eigenvalue weighted by atomic mass is 10.0. The first-order valence-electron chi connectivity index (χ1n) is 10.3. The van der Waals surface area contributed by atoms with Crippen LogP contribution in [0.1, 0.15) is 40.7 Å². The SMILES string of the molecule is O=C(Cc1cccnc1)c1cc(N2CCCCC2)ccc1OCc1ccccc1. The highest BCUT2D eigenvalue weighted by Gasteiger charge is 2.18. The van der Waals surface area contributed by atoms with Crippen molar-refractivity contribution in [3.05, 3.63) is 89.7 Å². The van der Waals surface area contributed by atoms with Crippen LogP contribution in [0.25, 0.3) is 0 Å². The molecule has 0 N–H and O–H groups in total. The van der Waals surface area contributed by atoms with Gasteiger partial charge >= 0.3 is 0 Å². The van der Waals surface area contributed by atoms with Gasteiger partial charge in [-0.3, -0.25) is 9.78 Å². The number of ketones is 1. The molecule has 1 aliphatic rings. The van der Waals surface area contributed by atoms with Crippen LogP contribution in [-0.2, 0) is 13.0 Å². The van der Waals surface area contributed by atoms with E-state index >= 15 is 0 Å². The molecule has 4 nitrogen and oxygen atoms in total. The molecular weight excluding hydrogens is 360 g/mol. The normalized spacial score (nSPS) is 13.9. The average Bonchev–Trinajstić information content (AvgIpc) is 2.79. The van der Waals surface area contributed by atoms with E-state index in [0.29, 0.717) is 24.3 Å². The number of hydrogen-bond acceptors (Lipinski definition) is 4. The summed E-state index contributed by atoms with van der Waals surface area (Å²) in [4.78, 5) is 19.7. The van der Waals surface area contributed by atoms with Crippen molar-refractivity contribution < 1.29 is 9.53 Å². The first-order valence-corrected chi connectivity index (χ1v) is 10.3. The number of piperidine rings is 1. The monoisotopic (exact) mass is 386 g/mol. The molecule has 1 aromatic heterocycles. The van der Waals surface area contributed by atoms with E-state index in [9.17, 15) is 4.79 Å². The molecule has 0 aliphatic carbocycles. The Bertz CT molecular complexity index is 936. The van der Waals surface area contributed by atoms with Crippen LogP contribution in [0.3, 0.4) is 0 Å². The van der Waals surface area contributed by atoms with Gasteiger partial charge in [0.05, 0.1) is 5.56 Å². The number of rotatable bonds is 7. The van der Waals surface area contributed by atoms with E-state index in [1.807, 2.05) is 54.6 Å². The Morgan fingerprint density at radius 2 is 1.72 bits per heavy atom. The van der Waals surface area contributed by atoms with Gasteiger partial charge in [0.25, 0.3) is 0 Å². The van der Waals surface area contributed by atoms with Crippen LogP contribution in [-0.4, -0.2) is 23.9 Å². The largest absolute Gasteiger partial charge is 0.488 e. The van der Waals surface area contributed by atoms with Crippen molar-refractivity contribution in [3.63, 3.8) is 0 Å². The van der Waals surface area contributed by atoms with E-state index in [1.54, 1.807) is 12.4 Å². The van der Waals surface area contributed by atoms with Crippen LogP contribution in [0.5, 0.6) is 5.75 Å². The van der Waals surface area contributed by atoms with Gasteiger partial charge in [-0.25, -0.2) is 0 Å². The van der Waals surface area contributed by atoms with Crippen molar-refractivity contribution in [3.8, 4) is 5.75 Å². The third-order valence-corrected chi connectivity index (χ3v) is 5.31. The van der Waals surface area contributed by atoms with Crippen LogP contribution in [0.15, 0.2) is 73.1 Å². The van der Waals surface area contributed by atoms with E-state index in [1.165, 1.54) is 19.3 Å². The standard InChI is InChI=1S/C25H26N2O2/c28-24(16-21-10-7-13-26-18-21)23-17-22(27-14-5-2-6-15-27)11-12-25(23)29-19-20-8-3-1-4-9-20/h1,3-4,7-13,17-18H,2,5-6,14-16,19H2. The van der Waals surface area contributed by atoms with Crippen molar-refractivity contribution in [1.29, 1.82) is 0 Å². The number of carbonyl (C=O) groups is 1. The molecule has 4 rings (SSSR count). The van der Waals surface area contributed by atoms with Gasteiger partial charge in [0.15, 0.2) is 5.78 Å². The molecule has 0 unspecified atom stereocenters. The average molecular weight is 386 g/mol. The van der Waals surface area contributed by atoms with E-state index in [0.717, 1.165) is 29.9 Å². The summed E-state index contributed by atoms with van der Waals surface area (Å²) in [6.45, 7) is 2.53. The van der Waals surface area contributed by atoms with Crippen LogP contribution in [0, 0.1) is 0 Å². The summed E-state index contributed by atoms with van der Waals surface area (Å²) in [6.07, 6.45) is 7.47. The molecule has 3 aromatic rings. The Kier molecular flexibility index (Phi) is 6.20. The van der Waals surface area contributed by atoms with Crippen molar-refractivity contribution >= 4 is 11.5 Å². The Hall–Kier alpha value is -3.14. The minimum Gasteiger partial charge on any atom is -0.488 e. The summed E-state index contributed by atoms with van der Waals surface area (Å²) in [5, 5.41) is 0. The van der Waals surface area contributed by atoms with Crippen LogP contribution in [0.4, 0.5) is 5.69 Å². The molecule has 2 aromatic carbocycles. The number of Topliss-reactive ketones (excluding diaryl/α,β-unsaturated/α-hetero) is 1. The predicted octanol–water partition coefficient (Wildman–Crippen LogP) is 5.08. The topological polar surface area (TPSA) is 42.4 Å². The Morgan fingerprint density at radius 3 is 2.48 bits per heavy atom. The summed E-state index contributed by atoms with van der Waals surface area (Å²) in [7, 11) is 0. The molecule has 0 atom stereocenters. The highest BCUT2D eigenvalue weighted by molar-refractivity contribution is 6.00. The van der Waals surface area contributed by atoms with Crippen LogP contribution in [0.2, 0.25) is 0 Å². The summed E-state index contributed by atoms with van der Waals surface area (Å²) >= 11 is 0. The van der Waals surface area contributed by atoms with Gasteiger partial charge < -0.3 is 9.64 Å². The Morgan fingerprint density at radius 1 is 0.931 bits per heavy atom. The quantitative estimate of drug-likeness (QED) is 0.531. The predicted molar refractivity (Wildman–Crippen MR) is 116 cm³/mol. The van der Waals surface area contributed by atoms with Gasteiger partial charge in [-0.1, -0.05) is 36.4 Å². The van der Waals surface area contributed by atoms with Crippen molar-refractivity contribution in [1.82, 2.24) is 4.98 Å². The number of ether oxygens (including phenoxy) is 1. The lowest BCUT2D eigenvalue weighted by Gasteiger charge is -2.29. The van der Waals surface area contributed by atoms with E-state index in [2.05, 4.69) is 16.0 Å². The Balaban J connectivity index is 1.59. The summed E-state index contributed by atoms with van der Waals surface area (Å²) < 4.78 is 6.07. The molecule has 0 spiro atoms. The third kappa shape index (κ3) is 5.02. The molecule has 1 fully saturated rings. The van der Waals surface area contributed by atoms with Crippen molar-refractivity contribution in [2.45, 2.75) is 32.3 Å². The smallest absolute Gasteiger partial charge is 0.171 e. The number of benzene rings is 2. The highest BCUT2D eigenvalue weighted by Crippen LogP contribution is 2.29. The molecule has 0 bridgehead atoms.